The van der Waals surface area contributed by atoms with Crippen molar-refractivity contribution in [2.45, 2.75) is 19.8 Å². The molecule has 0 spiro atoms. The predicted molar refractivity (Wildman–Crippen MR) is 107 cm³/mol. The van der Waals surface area contributed by atoms with Gasteiger partial charge in [0.15, 0.2) is 0 Å². The van der Waals surface area contributed by atoms with E-state index in [-0.39, 0.29) is 24.3 Å². The van der Waals surface area contributed by atoms with Crippen molar-refractivity contribution >= 4 is 34.8 Å². The number of anilines is 3. The van der Waals surface area contributed by atoms with E-state index in [0.29, 0.717) is 23.4 Å². The highest BCUT2D eigenvalue weighted by atomic mass is 16.2. The highest BCUT2D eigenvalue weighted by Gasteiger charge is 2.06. The Labute approximate surface area is 158 Å². The highest BCUT2D eigenvalue weighted by Crippen LogP contribution is 2.15. The first-order chi connectivity index (χ1) is 13.0. The van der Waals surface area contributed by atoms with E-state index >= 15 is 0 Å². The van der Waals surface area contributed by atoms with Crippen LogP contribution >= 0.6 is 0 Å². The standard InChI is InChI=1S/C20H24N4O3/c1-3-5-18(25)24-17-7-4-6-16(12-17)22-13-19(26)23-15-10-8-14(9-11-15)20(27)21-2/h4,6-12,22H,3,5,13H2,1-2H3,(H,21,27)(H,23,26)(H,24,25). The zero-order chi connectivity index (χ0) is 19.6. The van der Waals surface area contributed by atoms with Crippen LogP contribution < -0.4 is 21.3 Å². The summed E-state index contributed by atoms with van der Waals surface area (Å²) in [7, 11) is 1.56. The molecule has 2 aromatic rings. The first-order valence-corrected chi connectivity index (χ1v) is 8.77. The minimum atomic E-state index is -0.219. The van der Waals surface area contributed by atoms with Crippen LogP contribution in [-0.2, 0) is 9.59 Å². The van der Waals surface area contributed by atoms with Crippen LogP contribution in [0.3, 0.4) is 0 Å². The molecule has 7 nitrogen and oxygen atoms in total. The van der Waals surface area contributed by atoms with Gasteiger partial charge in [-0.05, 0) is 48.9 Å². The smallest absolute Gasteiger partial charge is 0.251 e. The molecule has 2 rings (SSSR count). The number of rotatable bonds is 8. The summed E-state index contributed by atoms with van der Waals surface area (Å²) in [6.07, 6.45) is 1.26. The quantitative estimate of drug-likeness (QED) is 0.576. The molecular weight excluding hydrogens is 344 g/mol. The third kappa shape index (κ3) is 6.47. The largest absolute Gasteiger partial charge is 0.376 e. The van der Waals surface area contributed by atoms with E-state index in [0.717, 1.165) is 12.1 Å². The Morgan fingerprint density at radius 3 is 2.19 bits per heavy atom. The van der Waals surface area contributed by atoms with Gasteiger partial charge in [0, 0.05) is 36.1 Å². The van der Waals surface area contributed by atoms with Crippen molar-refractivity contribution in [2.24, 2.45) is 0 Å². The molecule has 0 unspecified atom stereocenters. The number of amides is 3. The van der Waals surface area contributed by atoms with Crippen molar-refractivity contribution in [3.05, 3.63) is 54.1 Å². The van der Waals surface area contributed by atoms with E-state index in [1.165, 1.54) is 0 Å². The van der Waals surface area contributed by atoms with Gasteiger partial charge >= 0.3 is 0 Å². The first-order valence-electron chi connectivity index (χ1n) is 8.77. The highest BCUT2D eigenvalue weighted by molar-refractivity contribution is 5.96. The summed E-state index contributed by atoms with van der Waals surface area (Å²) in [6.45, 7) is 2.02. The Balaban J connectivity index is 1.86. The van der Waals surface area contributed by atoms with Gasteiger partial charge in [0.25, 0.3) is 5.91 Å². The van der Waals surface area contributed by atoms with Gasteiger partial charge < -0.3 is 21.3 Å². The summed E-state index contributed by atoms with van der Waals surface area (Å²) in [5, 5.41) is 11.1. The summed E-state index contributed by atoms with van der Waals surface area (Å²) in [6, 6.07) is 13.8. The zero-order valence-corrected chi connectivity index (χ0v) is 15.5. The SMILES string of the molecule is CCCC(=O)Nc1cccc(NCC(=O)Nc2ccc(C(=O)NC)cc2)c1. The van der Waals surface area contributed by atoms with Crippen LogP contribution in [0.2, 0.25) is 0 Å². The maximum Gasteiger partial charge on any atom is 0.251 e. The van der Waals surface area contributed by atoms with Gasteiger partial charge in [0.1, 0.15) is 0 Å². The predicted octanol–water partition coefficient (Wildman–Crippen LogP) is 2.84. The Hall–Kier alpha value is -3.35. The normalized spacial score (nSPS) is 10.0. The van der Waals surface area contributed by atoms with Crippen LogP contribution in [0.5, 0.6) is 0 Å². The van der Waals surface area contributed by atoms with E-state index in [1.807, 2.05) is 13.0 Å². The van der Waals surface area contributed by atoms with Crippen LogP contribution in [0.15, 0.2) is 48.5 Å². The molecule has 0 aromatic heterocycles. The molecule has 142 valence electrons. The fraction of sp³-hybridized carbons (Fsp3) is 0.250. The lowest BCUT2D eigenvalue weighted by atomic mass is 10.2. The minimum Gasteiger partial charge on any atom is -0.376 e. The van der Waals surface area contributed by atoms with Gasteiger partial charge in [0.2, 0.25) is 11.8 Å². The second-order valence-electron chi connectivity index (χ2n) is 5.94. The zero-order valence-electron chi connectivity index (χ0n) is 15.5. The molecule has 0 aliphatic carbocycles. The molecule has 0 atom stereocenters. The van der Waals surface area contributed by atoms with Gasteiger partial charge in [-0.25, -0.2) is 0 Å². The summed E-state index contributed by atoms with van der Waals surface area (Å²) in [5.41, 5.74) is 2.55. The number of nitrogens with one attached hydrogen (secondary N) is 4. The molecule has 7 heteroatoms. The monoisotopic (exact) mass is 368 g/mol. The summed E-state index contributed by atoms with van der Waals surface area (Å²) >= 11 is 0. The Bertz CT molecular complexity index is 803. The van der Waals surface area contributed by atoms with Gasteiger partial charge in [0.05, 0.1) is 6.54 Å². The number of carbonyl (C=O) groups is 3. The van der Waals surface area contributed by atoms with Crippen molar-refractivity contribution in [3.63, 3.8) is 0 Å². The molecule has 0 aliphatic rings. The Kier molecular flexibility index (Phi) is 7.37. The van der Waals surface area contributed by atoms with E-state index in [4.69, 9.17) is 0 Å². The molecule has 4 N–H and O–H groups in total. The molecule has 3 amide bonds. The van der Waals surface area contributed by atoms with E-state index in [2.05, 4.69) is 21.3 Å². The lowest BCUT2D eigenvalue weighted by molar-refractivity contribution is -0.116. The minimum absolute atomic E-state index is 0.0346. The maximum atomic E-state index is 12.1. The first kappa shape index (κ1) is 20.0. The van der Waals surface area contributed by atoms with Crippen LogP contribution in [-0.4, -0.2) is 31.3 Å². The van der Waals surface area contributed by atoms with Crippen molar-refractivity contribution < 1.29 is 14.4 Å². The van der Waals surface area contributed by atoms with Gasteiger partial charge in [-0.1, -0.05) is 13.0 Å². The molecule has 2 aromatic carbocycles. The topological polar surface area (TPSA) is 99.3 Å². The maximum absolute atomic E-state index is 12.1. The fourth-order valence-electron chi connectivity index (χ4n) is 2.39. The number of hydrogen-bond acceptors (Lipinski definition) is 4. The summed E-state index contributed by atoms with van der Waals surface area (Å²) < 4.78 is 0. The molecule has 0 fully saturated rings. The molecule has 0 aliphatic heterocycles. The summed E-state index contributed by atoms with van der Waals surface area (Å²) in [4.78, 5) is 35.2. The fourth-order valence-corrected chi connectivity index (χ4v) is 2.39. The van der Waals surface area contributed by atoms with Gasteiger partial charge in [-0.15, -0.1) is 0 Å². The van der Waals surface area contributed by atoms with E-state index < -0.39 is 0 Å². The third-order valence-electron chi connectivity index (χ3n) is 3.73. The van der Waals surface area contributed by atoms with Crippen LogP contribution in [0.25, 0.3) is 0 Å². The summed E-state index contributed by atoms with van der Waals surface area (Å²) in [5.74, 6) is -0.434. The molecule has 0 bridgehead atoms. The second-order valence-corrected chi connectivity index (χ2v) is 5.94. The molecule has 0 saturated heterocycles. The lowest BCUT2D eigenvalue weighted by Gasteiger charge is -2.10. The number of carbonyl (C=O) groups excluding carboxylic acids is 3. The molecule has 0 heterocycles. The van der Waals surface area contributed by atoms with Gasteiger partial charge in [-0.3, -0.25) is 14.4 Å². The number of benzene rings is 2. The third-order valence-corrected chi connectivity index (χ3v) is 3.73. The second kappa shape index (κ2) is 9.96. The van der Waals surface area contributed by atoms with Crippen molar-refractivity contribution in [3.8, 4) is 0 Å². The molecular formula is C20H24N4O3. The molecule has 0 radical (unpaired) electrons. The van der Waals surface area contributed by atoms with Crippen molar-refractivity contribution in [1.29, 1.82) is 0 Å². The average molecular weight is 368 g/mol. The molecule has 27 heavy (non-hydrogen) atoms. The van der Waals surface area contributed by atoms with Gasteiger partial charge in [-0.2, -0.15) is 0 Å². The van der Waals surface area contributed by atoms with Crippen molar-refractivity contribution in [1.82, 2.24) is 5.32 Å². The Morgan fingerprint density at radius 1 is 0.852 bits per heavy atom. The number of hydrogen-bond donors (Lipinski definition) is 4. The average Bonchev–Trinajstić information content (AvgIpc) is 2.67. The van der Waals surface area contributed by atoms with E-state index in [1.54, 1.807) is 49.5 Å². The van der Waals surface area contributed by atoms with Crippen LogP contribution in [0.4, 0.5) is 17.1 Å². The molecule has 0 saturated carbocycles. The Morgan fingerprint density at radius 2 is 1.52 bits per heavy atom. The van der Waals surface area contributed by atoms with Crippen LogP contribution in [0, 0.1) is 0 Å². The van der Waals surface area contributed by atoms with Crippen LogP contribution in [0.1, 0.15) is 30.1 Å². The van der Waals surface area contributed by atoms with E-state index in [9.17, 15) is 14.4 Å². The van der Waals surface area contributed by atoms with Crippen molar-refractivity contribution in [2.75, 3.05) is 29.5 Å². The lowest BCUT2D eigenvalue weighted by Crippen LogP contribution is -2.22.